The van der Waals surface area contributed by atoms with Gasteiger partial charge in [0.2, 0.25) is 0 Å². The first-order valence-electron chi connectivity index (χ1n) is 9.81. The molecule has 1 amide bonds. The summed E-state index contributed by atoms with van der Waals surface area (Å²) < 4.78 is 12.7. The van der Waals surface area contributed by atoms with Gasteiger partial charge < -0.3 is 19.2 Å². The van der Waals surface area contributed by atoms with E-state index in [1.54, 1.807) is 47.1 Å². The molecule has 4 rings (SSSR count). The van der Waals surface area contributed by atoms with E-state index in [2.05, 4.69) is 10.3 Å². The highest BCUT2D eigenvalue weighted by Gasteiger charge is 2.21. The number of hydrogen-bond acceptors (Lipinski definition) is 5. The number of fused-ring (bicyclic) bond motifs is 1. The summed E-state index contributed by atoms with van der Waals surface area (Å²) in [6, 6.07) is 22.3. The van der Waals surface area contributed by atoms with E-state index in [1.807, 2.05) is 42.5 Å². The van der Waals surface area contributed by atoms with Crippen LogP contribution in [-0.4, -0.2) is 27.4 Å². The maximum Gasteiger partial charge on any atom is 0.359 e. The molecular weight excluding hydrogens is 394 g/mol. The van der Waals surface area contributed by atoms with Crippen LogP contribution in [0.15, 0.2) is 85.2 Å². The topological polar surface area (TPSA) is 81.9 Å². The predicted octanol–water partition coefficient (Wildman–Crippen LogP) is 4.10. The number of hydrogen-bond donors (Lipinski definition) is 1. The standard InChI is InChI=1S/C24H21N3O4/c1-17(31-24(29)21-15-27-14-6-5-9-22(27)26-21)23(28)25-19-10-12-20(13-11-19)30-16-18-7-3-2-4-8-18/h2-15,17H,16H2,1H3,(H,25,28)/t17-/m0/s1. The molecule has 0 spiro atoms. The van der Waals surface area contributed by atoms with E-state index in [0.29, 0.717) is 23.7 Å². The van der Waals surface area contributed by atoms with Crippen LogP contribution in [0.1, 0.15) is 23.0 Å². The lowest BCUT2D eigenvalue weighted by molar-refractivity contribution is -0.123. The first-order chi connectivity index (χ1) is 15.1. The number of pyridine rings is 1. The molecule has 0 radical (unpaired) electrons. The number of carbonyl (C=O) groups is 2. The fourth-order valence-electron chi connectivity index (χ4n) is 2.93. The third kappa shape index (κ3) is 5.08. The summed E-state index contributed by atoms with van der Waals surface area (Å²) in [5.41, 5.74) is 2.42. The highest BCUT2D eigenvalue weighted by atomic mass is 16.5. The fourth-order valence-corrected chi connectivity index (χ4v) is 2.93. The van der Waals surface area contributed by atoms with Crippen molar-refractivity contribution < 1.29 is 19.1 Å². The average Bonchev–Trinajstić information content (AvgIpc) is 3.24. The third-order valence-electron chi connectivity index (χ3n) is 4.60. The van der Waals surface area contributed by atoms with Crippen LogP contribution in [0.25, 0.3) is 5.65 Å². The first-order valence-corrected chi connectivity index (χ1v) is 9.81. The second kappa shape index (κ2) is 9.13. The van der Waals surface area contributed by atoms with Gasteiger partial charge in [-0.2, -0.15) is 0 Å². The summed E-state index contributed by atoms with van der Waals surface area (Å²) in [4.78, 5) is 28.9. The summed E-state index contributed by atoms with van der Waals surface area (Å²) >= 11 is 0. The van der Waals surface area contributed by atoms with Gasteiger partial charge in [-0.3, -0.25) is 4.79 Å². The molecule has 0 fully saturated rings. The number of amides is 1. The average molecular weight is 415 g/mol. The van der Waals surface area contributed by atoms with E-state index < -0.39 is 18.0 Å². The molecule has 0 bridgehead atoms. The van der Waals surface area contributed by atoms with Crippen molar-refractivity contribution in [3.05, 3.63) is 96.4 Å². The molecule has 7 heteroatoms. The minimum absolute atomic E-state index is 0.144. The molecule has 0 aliphatic rings. The summed E-state index contributed by atoms with van der Waals surface area (Å²) in [7, 11) is 0. The van der Waals surface area contributed by atoms with Gasteiger partial charge in [-0.15, -0.1) is 0 Å². The van der Waals surface area contributed by atoms with Crippen molar-refractivity contribution in [2.45, 2.75) is 19.6 Å². The van der Waals surface area contributed by atoms with Crippen molar-refractivity contribution in [1.82, 2.24) is 9.38 Å². The SMILES string of the molecule is C[C@H](OC(=O)c1cn2ccccc2n1)C(=O)Nc1ccc(OCc2ccccc2)cc1. The Morgan fingerprint density at radius 1 is 1.00 bits per heavy atom. The van der Waals surface area contributed by atoms with Crippen molar-refractivity contribution in [2.75, 3.05) is 5.32 Å². The van der Waals surface area contributed by atoms with Crippen LogP contribution in [0.2, 0.25) is 0 Å². The molecule has 156 valence electrons. The lowest BCUT2D eigenvalue weighted by Gasteiger charge is -2.13. The van der Waals surface area contributed by atoms with Crippen molar-refractivity contribution in [3.63, 3.8) is 0 Å². The van der Waals surface area contributed by atoms with Gasteiger partial charge in [-0.25, -0.2) is 9.78 Å². The van der Waals surface area contributed by atoms with Crippen LogP contribution in [0, 0.1) is 0 Å². The normalized spacial score (nSPS) is 11.6. The van der Waals surface area contributed by atoms with Gasteiger partial charge in [0.1, 0.15) is 18.0 Å². The number of ether oxygens (including phenoxy) is 2. The smallest absolute Gasteiger partial charge is 0.359 e. The lowest BCUT2D eigenvalue weighted by Crippen LogP contribution is -2.30. The molecule has 1 N–H and O–H groups in total. The molecule has 0 aliphatic carbocycles. The van der Waals surface area contributed by atoms with Crippen LogP contribution >= 0.6 is 0 Å². The zero-order valence-electron chi connectivity index (χ0n) is 16.9. The quantitative estimate of drug-likeness (QED) is 0.460. The molecule has 7 nitrogen and oxygen atoms in total. The Kier molecular flexibility index (Phi) is 5.93. The van der Waals surface area contributed by atoms with Gasteiger partial charge in [0.25, 0.3) is 5.91 Å². The van der Waals surface area contributed by atoms with Crippen LogP contribution in [-0.2, 0) is 16.1 Å². The van der Waals surface area contributed by atoms with E-state index in [1.165, 1.54) is 6.92 Å². The second-order valence-electron chi connectivity index (χ2n) is 6.93. The van der Waals surface area contributed by atoms with Crippen molar-refractivity contribution >= 4 is 23.2 Å². The van der Waals surface area contributed by atoms with E-state index in [9.17, 15) is 9.59 Å². The Balaban J connectivity index is 1.30. The zero-order chi connectivity index (χ0) is 21.6. The number of rotatable bonds is 7. The fraction of sp³-hybridized carbons (Fsp3) is 0.125. The monoisotopic (exact) mass is 415 g/mol. The lowest BCUT2D eigenvalue weighted by atomic mass is 10.2. The predicted molar refractivity (Wildman–Crippen MR) is 116 cm³/mol. The number of carbonyl (C=O) groups excluding carboxylic acids is 2. The molecule has 0 saturated carbocycles. The number of nitrogens with one attached hydrogen (secondary N) is 1. The maximum absolute atomic E-state index is 12.4. The van der Waals surface area contributed by atoms with Gasteiger partial charge in [0, 0.05) is 18.1 Å². The summed E-state index contributed by atoms with van der Waals surface area (Å²) in [5.74, 6) is -0.403. The number of esters is 1. The molecule has 2 aromatic heterocycles. The van der Waals surface area contributed by atoms with Gasteiger partial charge >= 0.3 is 5.97 Å². The van der Waals surface area contributed by atoms with E-state index in [-0.39, 0.29) is 5.69 Å². The summed E-state index contributed by atoms with van der Waals surface area (Å²) in [6.45, 7) is 1.98. The van der Waals surface area contributed by atoms with Crippen LogP contribution in [0.5, 0.6) is 5.75 Å². The minimum Gasteiger partial charge on any atom is -0.489 e. The number of imidazole rings is 1. The van der Waals surface area contributed by atoms with Gasteiger partial charge in [-0.05, 0) is 48.9 Å². The van der Waals surface area contributed by atoms with Gasteiger partial charge in [0.05, 0.1) is 0 Å². The number of anilines is 1. The van der Waals surface area contributed by atoms with Crippen molar-refractivity contribution in [2.24, 2.45) is 0 Å². The molecule has 2 heterocycles. The molecule has 0 unspecified atom stereocenters. The van der Waals surface area contributed by atoms with Crippen LogP contribution < -0.4 is 10.1 Å². The van der Waals surface area contributed by atoms with E-state index >= 15 is 0 Å². The Bertz CT molecular complexity index is 1150. The van der Waals surface area contributed by atoms with Crippen LogP contribution in [0.3, 0.4) is 0 Å². The van der Waals surface area contributed by atoms with Crippen LogP contribution in [0.4, 0.5) is 5.69 Å². The molecule has 4 aromatic rings. The van der Waals surface area contributed by atoms with Crippen molar-refractivity contribution in [3.8, 4) is 5.75 Å². The largest absolute Gasteiger partial charge is 0.489 e. The summed E-state index contributed by atoms with van der Waals surface area (Å²) in [6.07, 6.45) is 2.37. The van der Waals surface area contributed by atoms with Gasteiger partial charge in [-0.1, -0.05) is 36.4 Å². The van der Waals surface area contributed by atoms with Crippen molar-refractivity contribution in [1.29, 1.82) is 0 Å². The number of aromatic nitrogens is 2. The molecule has 1 atom stereocenters. The Labute approximate surface area is 179 Å². The molecule has 31 heavy (non-hydrogen) atoms. The van der Waals surface area contributed by atoms with Gasteiger partial charge in [0.15, 0.2) is 11.8 Å². The number of benzene rings is 2. The molecule has 0 aliphatic heterocycles. The van der Waals surface area contributed by atoms with E-state index in [0.717, 1.165) is 5.56 Å². The highest BCUT2D eigenvalue weighted by molar-refractivity contribution is 5.97. The Morgan fingerprint density at radius 2 is 1.74 bits per heavy atom. The highest BCUT2D eigenvalue weighted by Crippen LogP contribution is 2.18. The molecular formula is C24H21N3O4. The Morgan fingerprint density at radius 3 is 2.48 bits per heavy atom. The van der Waals surface area contributed by atoms with E-state index in [4.69, 9.17) is 9.47 Å². The molecule has 0 saturated heterocycles. The molecule has 2 aromatic carbocycles. The zero-order valence-corrected chi connectivity index (χ0v) is 16.9. The first kappa shape index (κ1) is 20.2. The second-order valence-corrected chi connectivity index (χ2v) is 6.93. The maximum atomic E-state index is 12.4. The minimum atomic E-state index is -0.980. The Hall–Kier alpha value is -4.13. The third-order valence-corrected chi connectivity index (χ3v) is 4.60. The summed E-state index contributed by atoms with van der Waals surface area (Å²) in [5, 5.41) is 2.73. The number of nitrogens with zero attached hydrogens (tertiary/aromatic N) is 2.